The predicted octanol–water partition coefficient (Wildman–Crippen LogP) is 4.12. The van der Waals surface area contributed by atoms with Crippen LogP contribution in [-0.4, -0.2) is 13.1 Å². The zero-order valence-electron chi connectivity index (χ0n) is 11.4. The third-order valence-electron chi connectivity index (χ3n) is 3.21. The summed E-state index contributed by atoms with van der Waals surface area (Å²) in [5, 5.41) is -0.147. The number of carbonyl (C=O) groups excluding carboxylic acids is 1. The fourth-order valence-corrected chi connectivity index (χ4v) is 2.31. The van der Waals surface area contributed by atoms with E-state index >= 15 is 0 Å². The van der Waals surface area contributed by atoms with Gasteiger partial charge in [-0.25, -0.2) is 0 Å². The van der Waals surface area contributed by atoms with E-state index in [9.17, 15) is 4.79 Å². The Labute approximate surface area is 124 Å². The second-order valence-electron chi connectivity index (χ2n) is 4.59. The van der Waals surface area contributed by atoms with Gasteiger partial charge in [-0.05, 0) is 23.1 Å². The highest BCUT2D eigenvalue weighted by molar-refractivity contribution is 6.22. The van der Waals surface area contributed by atoms with E-state index in [1.54, 1.807) is 0 Å². The van der Waals surface area contributed by atoms with Gasteiger partial charge in [0.15, 0.2) is 0 Å². The van der Waals surface area contributed by atoms with Crippen molar-refractivity contribution in [2.45, 2.75) is 18.2 Å². The van der Waals surface area contributed by atoms with Gasteiger partial charge in [0.05, 0.1) is 12.5 Å². The summed E-state index contributed by atoms with van der Waals surface area (Å²) in [6, 6.07) is 18.0. The van der Waals surface area contributed by atoms with Crippen LogP contribution in [0.5, 0.6) is 0 Å². The second kappa shape index (κ2) is 7.11. The number of carbonyl (C=O) groups is 1. The largest absolute Gasteiger partial charge is 0.469 e. The third-order valence-corrected chi connectivity index (χ3v) is 3.71. The lowest BCUT2D eigenvalue weighted by molar-refractivity contribution is -0.140. The van der Waals surface area contributed by atoms with Crippen LogP contribution in [0.15, 0.2) is 54.6 Å². The summed E-state index contributed by atoms with van der Waals surface area (Å²) in [6.45, 7) is 0. The van der Waals surface area contributed by atoms with Crippen molar-refractivity contribution in [3.8, 4) is 0 Å². The van der Waals surface area contributed by atoms with E-state index in [1.807, 2.05) is 54.6 Å². The molecule has 2 aromatic carbocycles. The van der Waals surface area contributed by atoms with E-state index in [2.05, 4.69) is 4.74 Å². The number of esters is 1. The maximum atomic E-state index is 11.1. The monoisotopic (exact) mass is 288 g/mol. The van der Waals surface area contributed by atoms with Crippen molar-refractivity contribution in [1.82, 2.24) is 0 Å². The molecule has 0 radical (unpaired) electrons. The van der Waals surface area contributed by atoms with E-state index in [1.165, 1.54) is 7.11 Å². The molecule has 0 aliphatic heterocycles. The summed E-state index contributed by atoms with van der Waals surface area (Å²) in [5.41, 5.74) is 3.24. The molecule has 0 bridgehead atoms. The number of hydrogen-bond donors (Lipinski definition) is 0. The molecule has 0 N–H and O–H groups in total. The molecule has 1 unspecified atom stereocenters. The van der Waals surface area contributed by atoms with Crippen LogP contribution in [-0.2, 0) is 16.0 Å². The SMILES string of the molecule is COC(=O)CCc1ccc(C(Cl)c2ccccc2)cc1. The van der Waals surface area contributed by atoms with Crippen LogP contribution in [0.4, 0.5) is 0 Å². The molecular formula is C17H17ClO2. The van der Waals surface area contributed by atoms with Gasteiger partial charge in [-0.1, -0.05) is 54.6 Å². The molecule has 0 aromatic heterocycles. The zero-order chi connectivity index (χ0) is 14.4. The number of rotatable bonds is 5. The van der Waals surface area contributed by atoms with Crippen LogP contribution in [0.2, 0.25) is 0 Å². The van der Waals surface area contributed by atoms with Crippen molar-refractivity contribution >= 4 is 17.6 Å². The number of benzene rings is 2. The van der Waals surface area contributed by atoms with Crippen molar-refractivity contribution < 1.29 is 9.53 Å². The Morgan fingerprint density at radius 3 is 2.25 bits per heavy atom. The number of ether oxygens (including phenoxy) is 1. The van der Waals surface area contributed by atoms with Gasteiger partial charge < -0.3 is 4.74 Å². The number of aryl methyl sites for hydroxylation is 1. The van der Waals surface area contributed by atoms with Gasteiger partial charge in [0.2, 0.25) is 0 Å². The number of hydrogen-bond acceptors (Lipinski definition) is 2. The Morgan fingerprint density at radius 2 is 1.65 bits per heavy atom. The minimum atomic E-state index is -0.186. The predicted molar refractivity (Wildman–Crippen MR) is 80.9 cm³/mol. The van der Waals surface area contributed by atoms with Gasteiger partial charge in [-0.15, -0.1) is 11.6 Å². The Kier molecular flexibility index (Phi) is 5.19. The number of alkyl halides is 1. The standard InChI is InChI=1S/C17H17ClO2/c1-20-16(19)12-9-13-7-10-15(11-8-13)17(18)14-5-3-2-4-6-14/h2-8,10-11,17H,9,12H2,1H3. The first kappa shape index (κ1) is 14.6. The van der Waals surface area contributed by atoms with Crippen LogP contribution in [0.1, 0.15) is 28.5 Å². The van der Waals surface area contributed by atoms with Crippen molar-refractivity contribution in [3.63, 3.8) is 0 Å². The summed E-state index contributed by atoms with van der Waals surface area (Å²) in [6.07, 6.45) is 1.09. The molecule has 0 fully saturated rings. The highest BCUT2D eigenvalue weighted by Gasteiger charge is 2.10. The molecule has 0 spiro atoms. The van der Waals surface area contributed by atoms with Gasteiger partial charge in [-0.3, -0.25) is 4.79 Å². The summed E-state index contributed by atoms with van der Waals surface area (Å²) in [5.74, 6) is -0.186. The highest BCUT2D eigenvalue weighted by Crippen LogP contribution is 2.28. The first-order chi connectivity index (χ1) is 9.70. The average Bonchev–Trinajstić information content (AvgIpc) is 2.53. The molecule has 2 rings (SSSR count). The van der Waals surface area contributed by atoms with E-state index in [0.717, 1.165) is 16.7 Å². The molecular weight excluding hydrogens is 272 g/mol. The molecule has 2 nitrogen and oxygen atoms in total. The van der Waals surface area contributed by atoms with E-state index in [-0.39, 0.29) is 11.3 Å². The van der Waals surface area contributed by atoms with Gasteiger partial charge in [0, 0.05) is 6.42 Å². The molecule has 0 saturated carbocycles. The summed E-state index contributed by atoms with van der Waals surface area (Å²) < 4.78 is 4.63. The fraction of sp³-hybridized carbons (Fsp3) is 0.235. The Morgan fingerprint density at radius 1 is 1.05 bits per heavy atom. The molecule has 3 heteroatoms. The lowest BCUT2D eigenvalue weighted by Crippen LogP contribution is -2.02. The fourth-order valence-electron chi connectivity index (χ4n) is 2.02. The first-order valence-electron chi connectivity index (χ1n) is 6.55. The first-order valence-corrected chi connectivity index (χ1v) is 6.99. The maximum absolute atomic E-state index is 11.1. The number of methoxy groups -OCH3 is 1. The Balaban J connectivity index is 2.03. The van der Waals surface area contributed by atoms with E-state index < -0.39 is 0 Å². The molecule has 20 heavy (non-hydrogen) atoms. The van der Waals surface area contributed by atoms with Crippen molar-refractivity contribution in [2.24, 2.45) is 0 Å². The average molecular weight is 289 g/mol. The molecule has 0 amide bonds. The molecule has 1 atom stereocenters. The van der Waals surface area contributed by atoms with Gasteiger partial charge >= 0.3 is 5.97 Å². The van der Waals surface area contributed by atoms with E-state index in [4.69, 9.17) is 11.6 Å². The lowest BCUT2D eigenvalue weighted by Gasteiger charge is -2.11. The Bertz CT molecular complexity index is 549. The molecule has 104 valence electrons. The van der Waals surface area contributed by atoms with E-state index in [0.29, 0.717) is 12.8 Å². The lowest BCUT2D eigenvalue weighted by atomic mass is 10.0. The van der Waals surface area contributed by atoms with Crippen LogP contribution in [0, 0.1) is 0 Å². The van der Waals surface area contributed by atoms with Crippen molar-refractivity contribution in [2.75, 3.05) is 7.11 Å². The highest BCUT2D eigenvalue weighted by atomic mass is 35.5. The smallest absolute Gasteiger partial charge is 0.305 e. The topological polar surface area (TPSA) is 26.3 Å². The molecule has 0 heterocycles. The van der Waals surface area contributed by atoms with Gasteiger partial charge in [-0.2, -0.15) is 0 Å². The zero-order valence-corrected chi connectivity index (χ0v) is 12.1. The molecule has 0 aliphatic carbocycles. The van der Waals surface area contributed by atoms with Crippen LogP contribution >= 0.6 is 11.6 Å². The van der Waals surface area contributed by atoms with Gasteiger partial charge in [0.1, 0.15) is 0 Å². The summed E-state index contributed by atoms with van der Waals surface area (Å²) in [7, 11) is 1.41. The summed E-state index contributed by atoms with van der Waals surface area (Å²) in [4.78, 5) is 11.1. The Hall–Kier alpha value is -1.80. The molecule has 0 saturated heterocycles. The van der Waals surface area contributed by atoms with Crippen molar-refractivity contribution in [3.05, 3.63) is 71.3 Å². The third kappa shape index (κ3) is 3.84. The van der Waals surface area contributed by atoms with Gasteiger partial charge in [0.25, 0.3) is 0 Å². The minimum Gasteiger partial charge on any atom is -0.469 e. The van der Waals surface area contributed by atoms with Crippen LogP contribution < -0.4 is 0 Å². The molecule has 2 aromatic rings. The second-order valence-corrected chi connectivity index (χ2v) is 5.03. The van der Waals surface area contributed by atoms with Crippen LogP contribution in [0.25, 0.3) is 0 Å². The minimum absolute atomic E-state index is 0.147. The number of halogens is 1. The maximum Gasteiger partial charge on any atom is 0.305 e. The normalized spacial score (nSPS) is 11.9. The summed E-state index contributed by atoms with van der Waals surface area (Å²) >= 11 is 6.46. The molecule has 0 aliphatic rings. The van der Waals surface area contributed by atoms with Crippen LogP contribution in [0.3, 0.4) is 0 Å². The quantitative estimate of drug-likeness (QED) is 0.611. The van der Waals surface area contributed by atoms with Crippen molar-refractivity contribution in [1.29, 1.82) is 0 Å².